The van der Waals surface area contributed by atoms with E-state index in [4.69, 9.17) is 10.5 Å². The Hall–Kier alpha value is -2.96. The van der Waals surface area contributed by atoms with E-state index >= 15 is 0 Å². The van der Waals surface area contributed by atoms with Crippen molar-refractivity contribution in [3.63, 3.8) is 0 Å². The van der Waals surface area contributed by atoms with Crippen molar-refractivity contribution in [2.45, 2.75) is 63.5 Å². The van der Waals surface area contributed by atoms with Crippen LogP contribution in [0.2, 0.25) is 0 Å². The molecule has 198 valence electrons. The lowest BCUT2D eigenvalue weighted by Crippen LogP contribution is -2.38. The normalized spacial score (nSPS) is 25.3. The Morgan fingerprint density at radius 1 is 1.14 bits per heavy atom. The molecule has 2 saturated carbocycles. The van der Waals surface area contributed by atoms with Gasteiger partial charge in [0.1, 0.15) is 5.75 Å². The maximum absolute atomic E-state index is 13.0. The van der Waals surface area contributed by atoms with E-state index in [0.717, 1.165) is 41.0 Å². The van der Waals surface area contributed by atoms with Gasteiger partial charge in [-0.25, -0.2) is 0 Å². The number of alkyl halides is 3. The summed E-state index contributed by atoms with van der Waals surface area (Å²) >= 11 is 0. The van der Waals surface area contributed by atoms with E-state index in [1.165, 1.54) is 24.8 Å². The molecule has 2 unspecified atom stereocenters. The van der Waals surface area contributed by atoms with Gasteiger partial charge in [0.15, 0.2) is 0 Å². The highest BCUT2D eigenvalue weighted by Crippen LogP contribution is 2.61. The van der Waals surface area contributed by atoms with E-state index in [1.807, 2.05) is 42.3 Å². The van der Waals surface area contributed by atoms with Gasteiger partial charge >= 0.3 is 6.18 Å². The Labute approximate surface area is 216 Å². The molecule has 1 aliphatic heterocycles. The minimum Gasteiger partial charge on any atom is -0.497 e. The van der Waals surface area contributed by atoms with Gasteiger partial charge in [0.25, 0.3) is 0 Å². The Balaban J connectivity index is 1.69. The summed E-state index contributed by atoms with van der Waals surface area (Å²) in [6, 6.07) is 11.7. The van der Waals surface area contributed by atoms with E-state index in [2.05, 4.69) is 12.1 Å². The Morgan fingerprint density at radius 2 is 1.89 bits per heavy atom. The standard InChI is InChI=1S/C30H35F3N2O2/c1-35-18-29(28(34)36)17-26(29)25-16-22(37-2)10-9-21(25)15-24(20-6-4-3-5-7-20)23-11-8-19(14-27(23)35)12-13-30(31,32)33/h8-11,14-16,20,26H,3-7,12-13,17-18H2,1-2H3,(H2,34,36)/b24-15+. The zero-order valence-electron chi connectivity index (χ0n) is 21.5. The summed E-state index contributed by atoms with van der Waals surface area (Å²) in [5.74, 6) is 0.745. The van der Waals surface area contributed by atoms with Crippen LogP contribution >= 0.6 is 0 Å². The minimum absolute atomic E-state index is 0.0311. The van der Waals surface area contributed by atoms with Crippen molar-refractivity contribution in [1.82, 2.24) is 0 Å². The summed E-state index contributed by atoms with van der Waals surface area (Å²) in [5, 5.41) is 0. The van der Waals surface area contributed by atoms with Crippen molar-refractivity contribution in [2.24, 2.45) is 17.1 Å². The van der Waals surface area contributed by atoms with Crippen LogP contribution in [0.4, 0.5) is 18.9 Å². The van der Waals surface area contributed by atoms with Crippen LogP contribution in [0.1, 0.15) is 73.1 Å². The minimum atomic E-state index is -4.21. The molecule has 0 bridgehead atoms. The van der Waals surface area contributed by atoms with Crippen molar-refractivity contribution in [3.05, 3.63) is 58.7 Å². The lowest BCUT2D eigenvalue weighted by atomic mass is 9.78. The number of fused-ring (bicyclic) bond motifs is 4. The van der Waals surface area contributed by atoms with E-state index in [9.17, 15) is 18.0 Å². The molecule has 0 spiro atoms. The molecule has 2 aromatic carbocycles. The number of halogens is 3. The fourth-order valence-corrected chi connectivity index (χ4v) is 6.43. The average Bonchev–Trinajstić information content (AvgIpc) is 3.61. The zero-order chi connectivity index (χ0) is 26.4. The Bertz CT molecular complexity index is 1220. The molecule has 3 aliphatic rings. The van der Waals surface area contributed by atoms with Crippen molar-refractivity contribution in [3.8, 4) is 5.75 Å². The van der Waals surface area contributed by atoms with Crippen LogP contribution < -0.4 is 15.4 Å². The highest BCUT2D eigenvalue weighted by Gasteiger charge is 2.60. The summed E-state index contributed by atoms with van der Waals surface area (Å²) < 4.78 is 44.5. The van der Waals surface area contributed by atoms with Crippen LogP contribution in [-0.2, 0) is 11.2 Å². The van der Waals surface area contributed by atoms with Gasteiger partial charge in [0.05, 0.1) is 12.5 Å². The zero-order valence-corrected chi connectivity index (χ0v) is 21.5. The van der Waals surface area contributed by atoms with Gasteiger partial charge in [-0.1, -0.05) is 43.5 Å². The molecule has 0 radical (unpaired) electrons. The van der Waals surface area contributed by atoms with Crippen LogP contribution in [0.5, 0.6) is 5.75 Å². The number of nitrogens with zero attached hydrogens (tertiary/aromatic N) is 1. The third-order valence-electron chi connectivity index (χ3n) is 8.59. The van der Waals surface area contributed by atoms with E-state index in [1.54, 1.807) is 7.11 Å². The van der Waals surface area contributed by atoms with Gasteiger partial charge in [-0.15, -0.1) is 0 Å². The molecule has 2 aromatic rings. The molecular weight excluding hydrogens is 477 g/mol. The molecule has 0 saturated heterocycles. The highest BCUT2D eigenvalue weighted by molar-refractivity contribution is 5.92. The highest BCUT2D eigenvalue weighted by atomic mass is 19.4. The maximum atomic E-state index is 13.0. The van der Waals surface area contributed by atoms with Crippen LogP contribution in [0.15, 0.2) is 36.4 Å². The number of ether oxygens (including phenoxy) is 1. The molecule has 5 rings (SSSR count). The number of allylic oxidation sites excluding steroid dienone is 1. The van der Waals surface area contributed by atoms with E-state index in [0.29, 0.717) is 24.4 Å². The summed E-state index contributed by atoms with van der Waals surface area (Å²) in [4.78, 5) is 14.9. The first-order valence-corrected chi connectivity index (χ1v) is 13.2. The van der Waals surface area contributed by atoms with Gasteiger partial charge < -0.3 is 15.4 Å². The second kappa shape index (κ2) is 9.73. The lowest BCUT2D eigenvalue weighted by Gasteiger charge is -2.32. The van der Waals surface area contributed by atoms with Gasteiger partial charge in [-0.3, -0.25) is 4.79 Å². The quantitative estimate of drug-likeness (QED) is 0.484. The first kappa shape index (κ1) is 25.7. The molecule has 0 aromatic heterocycles. The first-order valence-electron chi connectivity index (χ1n) is 13.2. The third-order valence-corrected chi connectivity index (χ3v) is 8.59. The van der Waals surface area contributed by atoms with Gasteiger partial charge in [-0.2, -0.15) is 13.2 Å². The molecule has 1 amide bonds. The molecule has 1 heterocycles. The Kier molecular flexibility index (Phi) is 6.75. The predicted octanol–water partition coefficient (Wildman–Crippen LogP) is 6.72. The van der Waals surface area contributed by atoms with E-state index < -0.39 is 18.0 Å². The monoisotopic (exact) mass is 512 g/mol. The predicted molar refractivity (Wildman–Crippen MR) is 141 cm³/mol. The average molecular weight is 513 g/mol. The number of methoxy groups -OCH3 is 1. The second-order valence-corrected chi connectivity index (χ2v) is 11.0. The third kappa shape index (κ3) is 5.10. The molecular formula is C30H35F3N2O2. The number of aryl methyl sites for hydroxylation is 1. The molecule has 4 nitrogen and oxygen atoms in total. The van der Waals surface area contributed by atoms with Gasteiger partial charge in [0.2, 0.25) is 5.91 Å². The maximum Gasteiger partial charge on any atom is 0.389 e. The van der Waals surface area contributed by atoms with Crippen LogP contribution in [0.25, 0.3) is 11.6 Å². The first-order chi connectivity index (χ1) is 17.6. The number of hydrogen-bond donors (Lipinski definition) is 1. The number of rotatable bonds is 5. The summed E-state index contributed by atoms with van der Waals surface area (Å²) in [7, 11) is 3.57. The number of primary amides is 1. The summed E-state index contributed by atoms with van der Waals surface area (Å²) in [6.45, 7) is 0.414. The number of nitrogens with two attached hydrogens (primary N) is 1. The topological polar surface area (TPSA) is 55.6 Å². The molecule has 7 heteroatoms. The van der Waals surface area contributed by atoms with Crippen LogP contribution in [0.3, 0.4) is 0 Å². The molecule has 2 aliphatic carbocycles. The number of anilines is 1. The fraction of sp³-hybridized carbons (Fsp3) is 0.500. The number of carbonyl (C=O) groups is 1. The SMILES string of the molecule is COc1ccc2c(c1)C1CC1(C(N)=O)CN(C)c1cc(CCC(F)(F)F)ccc1/C(C1CCCCC1)=C/2. The van der Waals surface area contributed by atoms with Crippen molar-refractivity contribution in [2.75, 3.05) is 25.6 Å². The van der Waals surface area contributed by atoms with Gasteiger partial charge in [-0.05, 0) is 72.1 Å². The lowest BCUT2D eigenvalue weighted by molar-refractivity contribution is -0.134. The van der Waals surface area contributed by atoms with Gasteiger partial charge in [0, 0.05) is 37.2 Å². The molecule has 2 N–H and O–H groups in total. The summed E-state index contributed by atoms with van der Waals surface area (Å²) in [6.07, 6.45) is 3.49. The smallest absolute Gasteiger partial charge is 0.389 e. The second-order valence-electron chi connectivity index (χ2n) is 11.0. The van der Waals surface area contributed by atoms with Crippen molar-refractivity contribution < 1.29 is 22.7 Å². The van der Waals surface area contributed by atoms with E-state index in [-0.39, 0.29) is 18.2 Å². The number of carbonyl (C=O) groups excluding carboxylic acids is 1. The molecule has 2 atom stereocenters. The van der Waals surface area contributed by atoms with Crippen LogP contribution in [-0.4, -0.2) is 32.8 Å². The van der Waals surface area contributed by atoms with Crippen molar-refractivity contribution in [1.29, 1.82) is 0 Å². The largest absolute Gasteiger partial charge is 0.497 e. The Morgan fingerprint density at radius 3 is 2.57 bits per heavy atom. The number of hydrogen-bond acceptors (Lipinski definition) is 3. The summed E-state index contributed by atoms with van der Waals surface area (Å²) in [5.41, 5.74) is 11.2. The van der Waals surface area contributed by atoms with Crippen molar-refractivity contribution >= 4 is 23.2 Å². The number of benzene rings is 2. The molecule has 37 heavy (non-hydrogen) atoms. The fourth-order valence-electron chi connectivity index (χ4n) is 6.43. The molecule has 2 fully saturated rings. The number of amides is 1. The van der Waals surface area contributed by atoms with Crippen LogP contribution in [0, 0.1) is 11.3 Å².